The van der Waals surface area contributed by atoms with Gasteiger partial charge in [-0.15, -0.1) is 0 Å². The molecule has 0 amide bonds. The fourth-order valence-electron chi connectivity index (χ4n) is 5.73. The summed E-state index contributed by atoms with van der Waals surface area (Å²) in [5.74, 6) is 0. The molecule has 0 aliphatic rings. The molecule has 0 spiro atoms. The van der Waals surface area contributed by atoms with E-state index in [1.54, 1.807) is 0 Å². The number of hydrogen-bond donors (Lipinski definition) is 1. The van der Waals surface area contributed by atoms with Gasteiger partial charge in [-0.2, -0.15) is 5.26 Å². The first-order valence-electron chi connectivity index (χ1n) is 14.0. The number of benzene rings is 7. The lowest BCUT2D eigenvalue weighted by Gasteiger charge is -2.13. The quantitative estimate of drug-likeness (QED) is 0.219. The molecule has 42 heavy (non-hydrogen) atoms. The lowest BCUT2D eigenvalue weighted by atomic mass is 9.90. The number of hydrogen-bond acceptors (Lipinski definition) is 2. The predicted molar refractivity (Wildman–Crippen MR) is 175 cm³/mol. The highest BCUT2D eigenvalue weighted by Crippen LogP contribution is 2.37. The van der Waals surface area contributed by atoms with Crippen LogP contribution in [0.2, 0.25) is 0 Å². The molecule has 0 saturated carbocycles. The molecule has 1 N–H and O–H groups in total. The summed E-state index contributed by atoms with van der Waals surface area (Å²) in [5, 5.41) is 22.4. The number of nitrogens with zero attached hydrogens (tertiary/aromatic N) is 1. The molecule has 196 valence electrons. The molecule has 7 rings (SSSR count). The van der Waals surface area contributed by atoms with Crippen LogP contribution in [0.25, 0.3) is 54.9 Å². The Morgan fingerprint density at radius 2 is 0.952 bits per heavy atom. The van der Waals surface area contributed by atoms with Crippen molar-refractivity contribution in [2.45, 2.75) is 0 Å². The van der Waals surface area contributed by atoms with Crippen LogP contribution in [0.4, 0.5) is 0 Å². The van der Waals surface area contributed by atoms with Crippen LogP contribution in [0.15, 0.2) is 152 Å². The Bertz CT molecular complexity index is 2130. The zero-order chi connectivity index (χ0) is 28.5. The largest absolute Gasteiger partial charge is 0.300 e. The molecule has 0 unspecified atom stereocenters. The molecule has 7 aromatic rings. The monoisotopic (exact) mass is 534 g/mol. The molecule has 2 heteroatoms. The van der Waals surface area contributed by atoms with Crippen LogP contribution in [0.1, 0.15) is 16.7 Å². The van der Waals surface area contributed by atoms with Crippen LogP contribution in [0.3, 0.4) is 0 Å². The molecule has 0 atom stereocenters. The third kappa shape index (κ3) is 4.64. The van der Waals surface area contributed by atoms with E-state index in [0.717, 1.165) is 38.6 Å². The summed E-state index contributed by atoms with van der Waals surface area (Å²) in [4.78, 5) is 0. The van der Waals surface area contributed by atoms with Gasteiger partial charge in [0.15, 0.2) is 0 Å². The Morgan fingerprint density at radius 3 is 1.60 bits per heavy atom. The molecular weight excluding hydrogens is 508 g/mol. The second-order valence-corrected chi connectivity index (χ2v) is 10.5. The van der Waals surface area contributed by atoms with Gasteiger partial charge < -0.3 is 0 Å². The van der Waals surface area contributed by atoms with Crippen molar-refractivity contribution in [1.29, 1.82) is 10.7 Å². The average Bonchev–Trinajstić information content (AvgIpc) is 3.07. The van der Waals surface area contributed by atoms with E-state index in [4.69, 9.17) is 5.41 Å². The highest BCUT2D eigenvalue weighted by Gasteiger charge is 2.11. The molecule has 0 radical (unpaired) electrons. The zero-order valence-electron chi connectivity index (χ0n) is 22.9. The van der Waals surface area contributed by atoms with Gasteiger partial charge in [0.05, 0.1) is 17.3 Å². The minimum Gasteiger partial charge on any atom is -0.300 e. The molecule has 0 saturated heterocycles. The van der Waals surface area contributed by atoms with Gasteiger partial charge in [0.1, 0.15) is 0 Å². The van der Waals surface area contributed by atoms with E-state index in [2.05, 4.69) is 97.1 Å². The van der Waals surface area contributed by atoms with Gasteiger partial charge in [-0.25, -0.2) is 0 Å². The van der Waals surface area contributed by atoms with E-state index in [1.807, 2.05) is 60.7 Å². The van der Waals surface area contributed by atoms with Crippen molar-refractivity contribution in [3.05, 3.63) is 168 Å². The van der Waals surface area contributed by atoms with E-state index in [9.17, 15) is 5.26 Å². The normalized spacial score (nSPS) is 10.9. The van der Waals surface area contributed by atoms with Crippen molar-refractivity contribution >= 4 is 27.3 Å². The van der Waals surface area contributed by atoms with Gasteiger partial charge in [0.2, 0.25) is 0 Å². The fourth-order valence-corrected chi connectivity index (χ4v) is 5.73. The lowest BCUT2D eigenvalue weighted by molar-refractivity contribution is 1.46. The molecule has 2 nitrogen and oxygen atoms in total. The maximum absolute atomic E-state index is 9.20. The minimum atomic E-state index is 0.530. The van der Waals surface area contributed by atoms with E-state index >= 15 is 0 Å². The van der Waals surface area contributed by atoms with Crippen LogP contribution in [-0.4, -0.2) is 5.71 Å². The molecule has 0 bridgehead atoms. The molecule has 0 heterocycles. The molecule has 7 aromatic carbocycles. The van der Waals surface area contributed by atoms with E-state index in [-0.39, 0.29) is 0 Å². The first kappa shape index (κ1) is 25.2. The smallest absolute Gasteiger partial charge is 0.0991 e. The van der Waals surface area contributed by atoms with Gasteiger partial charge in [-0.3, -0.25) is 5.41 Å². The Kier molecular flexibility index (Phi) is 6.39. The van der Waals surface area contributed by atoms with Gasteiger partial charge in [0.25, 0.3) is 0 Å². The van der Waals surface area contributed by atoms with Gasteiger partial charge >= 0.3 is 0 Å². The highest BCUT2D eigenvalue weighted by molar-refractivity contribution is 6.11. The van der Waals surface area contributed by atoms with Crippen molar-refractivity contribution in [1.82, 2.24) is 0 Å². The first-order valence-corrected chi connectivity index (χ1v) is 14.0. The van der Waals surface area contributed by atoms with Crippen LogP contribution in [0, 0.1) is 16.7 Å². The minimum absolute atomic E-state index is 0.530. The second kappa shape index (κ2) is 10.7. The molecular formula is C40H26N2. The van der Waals surface area contributed by atoms with Crippen LogP contribution >= 0.6 is 0 Å². The maximum Gasteiger partial charge on any atom is 0.0991 e. The average molecular weight is 535 g/mol. The van der Waals surface area contributed by atoms with Crippen LogP contribution in [-0.2, 0) is 0 Å². The summed E-state index contributed by atoms with van der Waals surface area (Å²) in [6.07, 6.45) is 0. The van der Waals surface area contributed by atoms with Gasteiger partial charge in [-0.1, -0.05) is 133 Å². The standard InChI is InChI=1S/C40H26N2/c41-26-27-10-11-35-25-34(21-20-33(35)24-27)28-12-14-29(15-13-28)36-22-23-37(39-9-5-4-8-38(36)39)30-16-18-32(19-17-30)40(42)31-6-2-1-3-7-31/h1-25,42H. The number of nitriles is 1. The Labute approximate surface area is 245 Å². The SMILES string of the molecule is N#Cc1ccc2cc(-c3ccc(-c4ccc(-c5ccc(C(=N)c6ccccc6)cc5)c5ccccc45)cc3)ccc2c1. The van der Waals surface area contributed by atoms with Crippen molar-refractivity contribution in [2.75, 3.05) is 0 Å². The zero-order valence-corrected chi connectivity index (χ0v) is 22.9. The van der Waals surface area contributed by atoms with Crippen LogP contribution in [0.5, 0.6) is 0 Å². The molecule has 0 aliphatic carbocycles. The summed E-state index contributed by atoms with van der Waals surface area (Å²) in [6, 6.07) is 54.4. The van der Waals surface area contributed by atoms with Gasteiger partial charge in [-0.05, 0) is 78.7 Å². The highest BCUT2D eigenvalue weighted by atomic mass is 14.4. The third-order valence-corrected chi connectivity index (χ3v) is 7.97. The van der Waals surface area contributed by atoms with Gasteiger partial charge in [0, 0.05) is 5.56 Å². The summed E-state index contributed by atoms with van der Waals surface area (Å²) in [6.45, 7) is 0. The van der Waals surface area contributed by atoms with Crippen molar-refractivity contribution in [3.8, 4) is 39.4 Å². The summed E-state index contributed by atoms with van der Waals surface area (Å²) >= 11 is 0. The number of fused-ring (bicyclic) bond motifs is 2. The lowest BCUT2D eigenvalue weighted by Crippen LogP contribution is -2.00. The number of rotatable bonds is 5. The van der Waals surface area contributed by atoms with E-state index in [1.165, 1.54) is 27.5 Å². The molecule has 0 fully saturated rings. The van der Waals surface area contributed by atoms with Crippen molar-refractivity contribution in [2.24, 2.45) is 0 Å². The molecule has 0 aromatic heterocycles. The second-order valence-electron chi connectivity index (χ2n) is 10.5. The summed E-state index contributed by atoms with van der Waals surface area (Å²) < 4.78 is 0. The van der Waals surface area contributed by atoms with Crippen molar-refractivity contribution < 1.29 is 0 Å². The Morgan fingerprint density at radius 1 is 0.452 bits per heavy atom. The topological polar surface area (TPSA) is 47.6 Å². The first-order chi connectivity index (χ1) is 20.7. The van der Waals surface area contributed by atoms with E-state index in [0.29, 0.717) is 11.3 Å². The van der Waals surface area contributed by atoms with Crippen LogP contribution < -0.4 is 0 Å². The van der Waals surface area contributed by atoms with E-state index < -0.39 is 0 Å². The maximum atomic E-state index is 9.20. The number of nitrogens with one attached hydrogen (secondary N) is 1. The predicted octanol–water partition coefficient (Wildman–Crippen LogP) is 10.3. The van der Waals surface area contributed by atoms with Crippen molar-refractivity contribution in [3.63, 3.8) is 0 Å². The fraction of sp³-hybridized carbons (Fsp3) is 0. The summed E-state index contributed by atoms with van der Waals surface area (Å²) in [7, 11) is 0. The Hall–Kier alpha value is -5.78. The Balaban J connectivity index is 1.21. The molecule has 0 aliphatic heterocycles. The summed E-state index contributed by atoms with van der Waals surface area (Å²) in [5.41, 5.74) is 10.0. The third-order valence-electron chi connectivity index (χ3n) is 7.97.